The van der Waals surface area contributed by atoms with E-state index in [0.717, 1.165) is 57.8 Å². The summed E-state index contributed by atoms with van der Waals surface area (Å²) in [6.45, 7) is 6.32. The van der Waals surface area contributed by atoms with E-state index in [1.54, 1.807) is 12.3 Å². The van der Waals surface area contributed by atoms with Crippen LogP contribution in [0.4, 0.5) is 0 Å². The van der Waals surface area contributed by atoms with Crippen LogP contribution in [0.1, 0.15) is 77.9 Å². The van der Waals surface area contributed by atoms with Gasteiger partial charge in [-0.1, -0.05) is 58.9 Å². The normalized spacial score (nSPS) is 16.4. The molecule has 0 aliphatic heterocycles. The third-order valence-corrected chi connectivity index (χ3v) is 12.2. The molecule has 8 aromatic rings. The summed E-state index contributed by atoms with van der Waals surface area (Å²) in [4.78, 5) is 5.03. The van der Waals surface area contributed by atoms with Crippen molar-refractivity contribution in [3.8, 4) is 34.1 Å². The molecule has 274 valence electrons. The van der Waals surface area contributed by atoms with E-state index < -0.39 is 13.8 Å². The summed E-state index contributed by atoms with van der Waals surface area (Å²) in [6.07, 6.45) is 4.92. The molecule has 0 saturated heterocycles. The van der Waals surface area contributed by atoms with Crippen molar-refractivity contribution < 1.29 is 32.3 Å². The summed E-state index contributed by atoms with van der Waals surface area (Å²) in [6, 6.07) is 35.6. The zero-order chi connectivity index (χ0) is 42.5. The quantitative estimate of drug-likeness (QED) is 0.173. The number of aromatic nitrogens is 4. The summed E-state index contributed by atoms with van der Waals surface area (Å²) in [5, 5.41) is 2.09. The van der Waals surface area contributed by atoms with Crippen LogP contribution in [0.5, 0.6) is 11.5 Å². The van der Waals surface area contributed by atoms with Crippen LogP contribution in [0.15, 0.2) is 115 Å². The van der Waals surface area contributed by atoms with E-state index >= 15 is 0 Å². The van der Waals surface area contributed by atoms with Crippen molar-refractivity contribution in [3.05, 3.63) is 141 Å². The minimum Gasteiger partial charge on any atom is -0.0579 e. The molecule has 0 bridgehead atoms. The number of fused-ring (bicyclic) bond motifs is 5. The van der Waals surface area contributed by atoms with Crippen LogP contribution in [0.25, 0.3) is 55.5 Å². The SMILES string of the molecule is [2H]C([2H])([2H])c1cc(-n2c3cc(Oc4cccc(-n5[c](=[Pt])n(C([2H])([2H])[2H])c6ccccc65)c4)ccc3c3cc4c(cc32)C(C)(C)CCC4)ncc1-c1ccc(C(C)(C)C)cc1. The smallest absolute Gasteiger partial charge is 0.0579 e. The molecule has 0 unspecified atom stereocenters. The molecule has 0 fully saturated rings. The number of nitrogens with zero attached hydrogens (tertiary/aromatic N) is 4. The Morgan fingerprint density at radius 1 is 0.778 bits per heavy atom. The summed E-state index contributed by atoms with van der Waals surface area (Å²) in [5.74, 6) is 1.68. The summed E-state index contributed by atoms with van der Waals surface area (Å²) in [7, 11) is 0. The fourth-order valence-electron chi connectivity index (χ4n) is 8.22. The van der Waals surface area contributed by atoms with Crippen LogP contribution >= 0.6 is 0 Å². The first-order chi connectivity index (χ1) is 28.3. The summed E-state index contributed by atoms with van der Waals surface area (Å²) >= 11 is 2.08. The average Bonchev–Trinajstić information content (AvgIpc) is 3.67. The van der Waals surface area contributed by atoms with Gasteiger partial charge in [0.15, 0.2) is 0 Å². The second kappa shape index (κ2) is 12.8. The van der Waals surface area contributed by atoms with Crippen molar-refractivity contribution >= 4 is 32.8 Å². The van der Waals surface area contributed by atoms with Gasteiger partial charge in [-0.2, -0.15) is 0 Å². The molecule has 3 heterocycles. The second-order valence-corrected chi connectivity index (χ2v) is 17.2. The fraction of sp³-hybridized carbons (Fsp3) is 0.250. The van der Waals surface area contributed by atoms with Crippen LogP contribution < -0.4 is 4.74 Å². The summed E-state index contributed by atoms with van der Waals surface area (Å²) in [5.41, 5.74) is 9.32. The van der Waals surface area contributed by atoms with Gasteiger partial charge in [0.25, 0.3) is 0 Å². The number of pyridine rings is 1. The van der Waals surface area contributed by atoms with E-state index in [0.29, 0.717) is 32.2 Å². The number of ether oxygens (including phenoxy) is 1. The van der Waals surface area contributed by atoms with Crippen LogP contribution in [-0.4, -0.2) is 18.7 Å². The van der Waals surface area contributed by atoms with Crippen molar-refractivity contribution in [3.63, 3.8) is 0 Å². The van der Waals surface area contributed by atoms with E-state index in [9.17, 15) is 0 Å². The molecule has 5 nitrogen and oxygen atoms in total. The maximum atomic E-state index is 8.70. The molecule has 0 radical (unpaired) electrons. The van der Waals surface area contributed by atoms with E-state index in [2.05, 4.69) is 88.9 Å². The Morgan fingerprint density at radius 3 is 2.33 bits per heavy atom. The Morgan fingerprint density at radius 2 is 1.56 bits per heavy atom. The number of rotatable bonds is 5. The number of hydrogen-bond acceptors (Lipinski definition) is 2. The van der Waals surface area contributed by atoms with Gasteiger partial charge in [0.1, 0.15) is 0 Å². The number of hydrogen-bond donors (Lipinski definition) is 0. The molecular weight excluding hydrogens is 844 g/mol. The van der Waals surface area contributed by atoms with E-state index in [1.807, 2.05) is 77.4 Å². The number of imidazole rings is 1. The van der Waals surface area contributed by atoms with Crippen molar-refractivity contribution in [2.45, 2.75) is 71.6 Å². The number of para-hydroxylation sites is 2. The standard InChI is InChI=1S/C48H46N4O.Pt/c1-31-24-46(49-29-40(31)32-17-19-34(20-18-32)47(2,3)4)52-44-27-37(21-22-38(44)39-25-33-12-11-23-48(5,6)41(33)28-45(39)52)53-36-14-10-13-35(26-36)51-30-50(7)42-15-8-9-16-43(42)51;/h8-10,13-22,24-29H,11-12,23H2,1-7H3;/i1D3,7D3;. The molecule has 0 N–H and O–H groups in total. The minimum atomic E-state index is -2.40. The molecule has 54 heavy (non-hydrogen) atoms. The van der Waals surface area contributed by atoms with Crippen LogP contribution in [-0.2, 0) is 43.6 Å². The predicted molar refractivity (Wildman–Crippen MR) is 219 cm³/mol. The molecule has 0 atom stereocenters. The molecule has 1 aliphatic rings. The van der Waals surface area contributed by atoms with Gasteiger partial charge in [-0.3, -0.25) is 0 Å². The second-order valence-electron chi connectivity index (χ2n) is 16.2. The topological polar surface area (TPSA) is 36.9 Å². The Hall–Kier alpha value is -4.99. The Bertz CT molecular complexity index is 3050. The molecule has 0 amide bonds. The first-order valence-electron chi connectivity index (χ1n) is 21.5. The zero-order valence-electron chi connectivity index (χ0n) is 37.1. The van der Waals surface area contributed by atoms with Crippen molar-refractivity contribution in [1.82, 2.24) is 18.7 Å². The van der Waals surface area contributed by atoms with Crippen molar-refractivity contribution in [2.24, 2.45) is 6.98 Å². The van der Waals surface area contributed by atoms with E-state index in [1.165, 1.54) is 21.3 Å². The Kier molecular flexibility index (Phi) is 6.75. The third kappa shape index (κ3) is 5.80. The minimum absolute atomic E-state index is 0.0195. The monoisotopic (exact) mass is 895 g/mol. The van der Waals surface area contributed by atoms with Crippen molar-refractivity contribution in [1.29, 1.82) is 0 Å². The van der Waals surface area contributed by atoms with Crippen LogP contribution in [0, 0.1) is 10.7 Å². The first kappa shape index (κ1) is 28.5. The van der Waals surface area contributed by atoms with Gasteiger partial charge in [0, 0.05) is 15.9 Å². The van der Waals surface area contributed by atoms with Gasteiger partial charge >= 0.3 is 198 Å². The van der Waals surface area contributed by atoms with Gasteiger partial charge < -0.3 is 0 Å². The average molecular weight is 896 g/mol. The van der Waals surface area contributed by atoms with E-state index in [4.69, 9.17) is 17.9 Å². The number of aryl methyl sites for hydroxylation is 3. The first-order valence-corrected chi connectivity index (χ1v) is 19.6. The molecular formula is C48H46N4OPt. The number of benzene rings is 5. The summed E-state index contributed by atoms with van der Waals surface area (Å²) < 4.78 is 63.4. The molecule has 5 aromatic carbocycles. The van der Waals surface area contributed by atoms with Crippen molar-refractivity contribution in [2.75, 3.05) is 0 Å². The Balaban J connectivity index is 1.20. The van der Waals surface area contributed by atoms with Gasteiger partial charge in [0.05, 0.1) is 0 Å². The fourth-order valence-corrected chi connectivity index (χ4v) is 9.06. The molecule has 3 aromatic heterocycles. The molecule has 0 saturated carbocycles. The van der Waals surface area contributed by atoms with Gasteiger partial charge in [-0.05, 0) is 64.8 Å². The molecule has 9 rings (SSSR count). The maximum absolute atomic E-state index is 8.70. The molecule has 1 aliphatic carbocycles. The Labute approximate surface area is 336 Å². The predicted octanol–water partition coefficient (Wildman–Crippen LogP) is 12.2. The van der Waals surface area contributed by atoms with Gasteiger partial charge in [0.2, 0.25) is 0 Å². The van der Waals surface area contributed by atoms with Gasteiger partial charge in [-0.25, -0.2) is 0 Å². The zero-order valence-corrected chi connectivity index (χ0v) is 33.4. The van der Waals surface area contributed by atoms with Crippen LogP contribution in [0.2, 0.25) is 0 Å². The molecule has 0 spiro atoms. The third-order valence-electron chi connectivity index (χ3n) is 11.1. The van der Waals surface area contributed by atoms with Crippen LogP contribution in [0.3, 0.4) is 0 Å². The van der Waals surface area contributed by atoms with E-state index in [-0.39, 0.29) is 16.4 Å². The molecule has 6 heteroatoms. The van der Waals surface area contributed by atoms with Gasteiger partial charge in [-0.15, -0.1) is 0 Å².